The summed E-state index contributed by atoms with van der Waals surface area (Å²) in [6.45, 7) is 0.131. The zero-order valence-corrected chi connectivity index (χ0v) is 10.9. The van der Waals surface area contributed by atoms with E-state index in [0.29, 0.717) is 4.31 Å². The molecule has 0 spiro atoms. The van der Waals surface area contributed by atoms with Gasteiger partial charge in [-0.25, -0.2) is 8.42 Å². The van der Waals surface area contributed by atoms with Gasteiger partial charge in [0.1, 0.15) is 5.54 Å². The van der Waals surface area contributed by atoms with E-state index in [1.54, 1.807) is 0 Å². The molecule has 0 N–H and O–H groups in total. The molecule has 1 aromatic carbocycles. The minimum absolute atomic E-state index is 0.321. The average Bonchev–Trinajstić information content (AvgIpc) is 3.04. The fourth-order valence-electron chi connectivity index (χ4n) is 1.69. The van der Waals surface area contributed by atoms with Crippen molar-refractivity contribution in [3.8, 4) is 0 Å². The number of alkyl halides is 3. The van der Waals surface area contributed by atoms with Crippen molar-refractivity contribution in [2.45, 2.75) is 23.5 Å². The summed E-state index contributed by atoms with van der Waals surface area (Å²) in [5.74, 6) is 0. The third-order valence-corrected chi connectivity index (χ3v) is 5.12. The normalized spacial score (nSPS) is 26.3. The van der Waals surface area contributed by atoms with Crippen LogP contribution >= 0.6 is 0 Å². The van der Waals surface area contributed by atoms with E-state index in [2.05, 4.69) is 0 Å². The third kappa shape index (κ3) is 2.14. The zero-order valence-electron chi connectivity index (χ0n) is 10.1. The highest BCUT2D eigenvalue weighted by Crippen LogP contribution is 2.49. The lowest BCUT2D eigenvalue weighted by atomic mass is 10.2. The first-order valence-electron chi connectivity index (χ1n) is 5.34. The molecule has 0 saturated carbocycles. The SMILES string of the molecule is CC1(C(F)(F)F)CN1S(=O)(=O)c1ccc([N+](=O)[O-])cc1. The monoisotopic (exact) mass is 310 g/mol. The van der Waals surface area contributed by atoms with Gasteiger partial charge in [-0.1, -0.05) is 0 Å². The van der Waals surface area contributed by atoms with Crippen LogP contribution in [0.15, 0.2) is 29.2 Å². The molecule has 6 nitrogen and oxygen atoms in total. The highest BCUT2D eigenvalue weighted by molar-refractivity contribution is 7.89. The number of halogens is 3. The van der Waals surface area contributed by atoms with Crippen molar-refractivity contribution >= 4 is 15.7 Å². The minimum atomic E-state index is -4.67. The molecule has 1 saturated heterocycles. The summed E-state index contributed by atoms with van der Waals surface area (Å²) in [5, 5.41) is 10.4. The number of nitro groups is 1. The Morgan fingerprint density at radius 3 is 2.15 bits per heavy atom. The van der Waals surface area contributed by atoms with Gasteiger partial charge in [-0.3, -0.25) is 10.1 Å². The maximum Gasteiger partial charge on any atom is 0.408 e. The number of sulfonamides is 1. The predicted octanol–water partition coefficient (Wildman–Crippen LogP) is 1.92. The second-order valence-corrected chi connectivity index (χ2v) is 6.40. The Kier molecular flexibility index (Phi) is 3.06. The molecule has 110 valence electrons. The molecular weight excluding hydrogens is 301 g/mol. The van der Waals surface area contributed by atoms with Crippen LogP contribution in [0.25, 0.3) is 0 Å². The second kappa shape index (κ2) is 4.16. The summed E-state index contributed by atoms with van der Waals surface area (Å²) in [6, 6.07) is 3.70. The van der Waals surface area contributed by atoms with Crippen molar-refractivity contribution in [1.29, 1.82) is 0 Å². The fourth-order valence-corrected chi connectivity index (χ4v) is 3.48. The van der Waals surface area contributed by atoms with Gasteiger partial charge in [0.15, 0.2) is 0 Å². The third-order valence-electron chi connectivity index (χ3n) is 3.14. The Labute approximate surface area is 112 Å². The quantitative estimate of drug-likeness (QED) is 0.485. The van der Waals surface area contributed by atoms with E-state index in [4.69, 9.17) is 0 Å². The van der Waals surface area contributed by atoms with Crippen molar-refractivity contribution < 1.29 is 26.5 Å². The lowest BCUT2D eigenvalue weighted by Gasteiger charge is -2.16. The van der Waals surface area contributed by atoms with Crippen LogP contribution in [0.2, 0.25) is 0 Å². The van der Waals surface area contributed by atoms with E-state index in [-0.39, 0.29) is 5.69 Å². The Morgan fingerprint density at radius 1 is 1.30 bits per heavy atom. The van der Waals surface area contributed by atoms with Gasteiger partial charge in [-0.05, 0) is 19.1 Å². The summed E-state index contributed by atoms with van der Waals surface area (Å²) in [6.07, 6.45) is -4.67. The number of rotatable bonds is 3. The Hall–Kier alpha value is -1.68. The van der Waals surface area contributed by atoms with Crippen LogP contribution in [0, 0.1) is 10.1 Å². The predicted molar refractivity (Wildman–Crippen MR) is 61.4 cm³/mol. The van der Waals surface area contributed by atoms with E-state index in [9.17, 15) is 31.7 Å². The highest BCUT2D eigenvalue weighted by atomic mass is 32.2. The largest absolute Gasteiger partial charge is 0.408 e. The minimum Gasteiger partial charge on any atom is -0.258 e. The van der Waals surface area contributed by atoms with Crippen LogP contribution in [0.5, 0.6) is 0 Å². The molecule has 0 aromatic heterocycles. The lowest BCUT2D eigenvalue weighted by Crippen LogP contribution is -2.35. The van der Waals surface area contributed by atoms with E-state index in [1.807, 2.05) is 0 Å². The van der Waals surface area contributed by atoms with Crippen molar-refractivity contribution in [2.24, 2.45) is 0 Å². The molecule has 2 unspecified atom stereocenters. The molecular formula is C10H9F3N2O4S. The maximum absolute atomic E-state index is 12.7. The fraction of sp³-hybridized carbons (Fsp3) is 0.400. The van der Waals surface area contributed by atoms with Crippen LogP contribution in [0.3, 0.4) is 0 Å². The van der Waals surface area contributed by atoms with Crippen LogP contribution in [0.4, 0.5) is 18.9 Å². The molecule has 10 heteroatoms. The molecule has 0 radical (unpaired) electrons. The summed E-state index contributed by atoms with van der Waals surface area (Å²) in [4.78, 5) is 9.30. The molecule has 1 aromatic rings. The molecule has 0 bridgehead atoms. The standard InChI is InChI=1S/C10H9F3N2O4S/c1-9(10(11,12)13)6-14(9)20(18,19)8-4-2-7(3-5-8)15(16)17/h2-5H,6H2,1H3. The van der Waals surface area contributed by atoms with Gasteiger partial charge >= 0.3 is 6.18 Å². The summed E-state index contributed by atoms with van der Waals surface area (Å²) >= 11 is 0. The number of non-ortho nitro benzene ring substituents is 1. The first-order chi connectivity index (χ1) is 9.00. The van der Waals surface area contributed by atoms with Gasteiger partial charge in [0.2, 0.25) is 10.0 Å². The first kappa shape index (κ1) is 14.7. The molecule has 2 atom stereocenters. The van der Waals surface area contributed by atoms with Crippen molar-refractivity contribution in [3.63, 3.8) is 0 Å². The number of nitro benzene ring substituents is 1. The Bertz CT molecular complexity index is 656. The molecule has 1 aliphatic heterocycles. The van der Waals surface area contributed by atoms with Crippen molar-refractivity contribution in [2.75, 3.05) is 6.54 Å². The first-order valence-corrected chi connectivity index (χ1v) is 6.78. The smallest absolute Gasteiger partial charge is 0.258 e. The maximum atomic E-state index is 12.7. The van der Waals surface area contributed by atoms with E-state index in [0.717, 1.165) is 31.2 Å². The zero-order chi connectivity index (χ0) is 15.3. The van der Waals surface area contributed by atoms with E-state index >= 15 is 0 Å². The second-order valence-electron chi connectivity index (χ2n) is 4.53. The lowest BCUT2D eigenvalue weighted by molar-refractivity contribution is -0.384. The average molecular weight is 310 g/mol. The molecule has 1 heterocycles. The van der Waals surface area contributed by atoms with E-state index < -0.39 is 38.1 Å². The van der Waals surface area contributed by atoms with Crippen LogP contribution in [-0.2, 0) is 10.0 Å². The van der Waals surface area contributed by atoms with Gasteiger partial charge in [0.25, 0.3) is 5.69 Å². The molecule has 0 amide bonds. The summed E-state index contributed by atoms with van der Waals surface area (Å²) in [5.41, 5.74) is -2.75. The van der Waals surface area contributed by atoms with Crippen LogP contribution in [-0.4, -0.2) is 35.9 Å². The van der Waals surface area contributed by atoms with Crippen LogP contribution < -0.4 is 0 Å². The molecule has 1 aliphatic rings. The van der Waals surface area contributed by atoms with Gasteiger partial charge < -0.3 is 0 Å². The number of hydrogen-bond acceptors (Lipinski definition) is 4. The van der Waals surface area contributed by atoms with Gasteiger partial charge in [0.05, 0.1) is 9.82 Å². The van der Waals surface area contributed by atoms with Gasteiger partial charge in [-0.15, -0.1) is 0 Å². The Morgan fingerprint density at radius 2 is 1.80 bits per heavy atom. The molecule has 2 rings (SSSR count). The summed E-state index contributed by atoms with van der Waals surface area (Å²) < 4.78 is 62.4. The molecule has 0 aliphatic carbocycles. The van der Waals surface area contributed by atoms with Crippen molar-refractivity contribution in [3.05, 3.63) is 34.4 Å². The molecule has 20 heavy (non-hydrogen) atoms. The molecule has 1 fully saturated rings. The van der Waals surface area contributed by atoms with Gasteiger partial charge in [0, 0.05) is 18.7 Å². The van der Waals surface area contributed by atoms with Gasteiger partial charge in [-0.2, -0.15) is 17.5 Å². The topological polar surface area (TPSA) is 80.3 Å². The number of nitrogens with zero attached hydrogens (tertiary/aromatic N) is 2. The number of hydrogen-bond donors (Lipinski definition) is 0. The number of benzene rings is 1. The highest BCUT2D eigenvalue weighted by Gasteiger charge is 2.70. The van der Waals surface area contributed by atoms with E-state index in [1.165, 1.54) is 0 Å². The summed E-state index contributed by atoms with van der Waals surface area (Å²) in [7, 11) is -4.31. The van der Waals surface area contributed by atoms with Crippen LogP contribution in [0.1, 0.15) is 6.92 Å². The Balaban J connectivity index is 2.32. The van der Waals surface area contributed by atoms with Crippen molar-refractivity contribution in [1.82, 2.24) is 4.31 Å².